The van der Waals surface area contributed by atoms with Gasteiger partial charge in [-0.15, -0.1) is 0 Å². The van der Waals surface area contributed by atoms with E-state index in [1.807, 2.05) is 25.1 Å². The standard InChI is InChI=1S/C16H24N2O3/c1-12-5-6-13(14(11-12)21-10-9-20-2)18-15(19)16(17)7-3-4-8-16/h5-6,11H,3-4,7-10,17H2,1-2H3,(H,18,19). The Kier molecular flexibility index (Phi) is 5.20. The fraction of sp³-hybridized carbons (Fsp3) is 0.562. The maximum Gasteiger partial charge on any atom is 0.244 e. The molecular weight excluding hydrogens is 268 g/mol. The van der Waals surface area contributed by atoms with E-state index >= 15 is 0 Å². The average Bonchev–Trinajstić information content (AvgIpc) is 2.90. The zero-order valence-electron chi connectivity index (χ0n) is 12.8. The van der Waals surface area contributed by atoms with Gasteiger partial charge in [-0.1, -0.05) is 18.9 Å². The van der Waals surface area contributed by atoms with Crippen molar-refractivity contribution in [2.45, 2.75) is 38.1 Å². The van der Waals surface area contributed by atoms with Gasteiger partial charge in [0.15, 0.2) is 0 Å². The van der Waals surface area contributed by atoms with E-state index < -0.39 is 5.54 Å². The molecule has 0 heterocycles. The molecule has 1 aromatic rings. The predicted molar refractivity (Wildman–Crippen MR) is 82.6 cm³/mol. The highest BCUT2D eigenvalue weighted by atomic mass is 16.5. The number of methoxy groups -OCH3 is 1. The van der Waals surface area contributed by atoms with Crippen LogP contribution >= 0.6 is 0 Å². The largest absolute Gasteiger partial charge is 0.489 e. The first-order valence-corrected chi connectivity index (χ1v) is 7.38. The average molecular weight is 292 g/mol. The van der Waals surface area contributed by atoms with Crippen LogP contribution in [0.1, 0.15) is 31.2 Å². The Balaban J connectivity index is 2.09. The van der Waals surface area contributed by atoms with Gasteiger partial charge >= 0.3 is 0 Å². The second kappa shape index (κ2) is 6.91. The maximum absolute atomic E-state index is 12.4. The second-order valence-corrected chi connectivity index (χ2v) is 5.66. The number of carbonyl (C=O) groups excluding carboxylic acids is 1. The lowest BCUT2D eigenvalue weighted by molar-refractivity contribution is -0.121. The molecule has 5 nitrogen and oxygen atoms in total. The van der Waals surface area contributed by atoms with Gasteiger partial charge in [-0.3, -0.25) is 4.79 Å². The Labute approximate surface area is 125 Å². The van der Waals surface area contributed by atoms with Crippen LogP contribution in [-0.2, 0) is 9.53 Å². The number of carbonyl (C=O) groups is 1. The molecule has 0 atom stereocenters. The molecule has 1 amide bonds. The highest BCUT2D eigenvalue weighted by Gasteiger charge is 2.37. The number of anilines is 1. The molecule has 1 saturated carbocycles. The molecule has 5 heteroatoms. The minimum atomic E-state index is -0.741. The summed E-state index contributed by atoms with van der Waals surface area (Å²) in [5.41, 5.74) is 7.18. The van der Waals surface area contributed by atoms with E-state index in [0.29, 0.717) is 24.7 Å². The summed E-state index contributed by atoms with van der Waals surface area (Å²) in [6.07, 6.45) is 3.50. The molecule has 0 aromatic heterocycles. The number of aryl methyl sites for hydroxylation is 1. The maximum atomic E-state index is 12.4. The van der Waals surface area contributed by atoms with Gasteiger partial charge in [-0.05, 0) is 37.5 Å². The zero-order valence-corrected chi connectivity index (χ0v) is 12.8. The lowest BCUT2D eigenvalue weighted by Crippen LogP contribution is -2.48. The topological polar surface area (TPSA) is 73.6 Å². The third-order valence-electron chi connectivity index (χ3n) is 3.88. The molecule has 0 unspecified atom stereocenters. The number of rotatable bonds is 6. The summed E-state index contributed by atoms with van der Waals surface area (Å²) < 4.78 is 10.7. The van der Waals surface area contributed by atoms with E-state index in [1.54, 1.807) is 7.11 Å². The molecule has 2 rings (SSSR count). The van der Waals surface area contributed by atoms with Gasteiger partial charge in [0, 0.05) is 7.11 Å². The lowest BCUT2D eigenvalue weighted by atomic mass is 9.98. The van der Waals surface area contributed by atoms with Crippen molar-refractivity contribution in [2.24, 2.45) is 5.73 Å². The summed E-state index contributed by atoms with van der Waals surface area (Å²) >= 11 is 0. The predicted octanol–water partition coefficient (Wildman–Crippen LogP) is 2.23. The molecule has 0 radical (unpaired) electrons. The SMILES string of the molecule is COCCOc1cc(C)ccc1NC(=O)C1(N)CCCC1. The van der Waals surface area contributed by atoms with Crippen molar-refractivity contribution >= 4 is 11.6 Å². The van der Waals surface area contributed by atoms with Gasteiger partial charge < -0.3 is 20.5 Å². The van der Waals surface area contributed by atoms with Crippen molar-refractivity contribution in [1.29, 1.82) is 0 Å². The molecule has 0 bridgehead atoms. The van der Waals surface area contributed by atoms with Crippen LogP contribution in [0.2, 0.25) is 0 Å². The first-order valence-electron chi connectivity index (χ1n) is 7.38. The highest BCUT2D eigenvalue weighted by Crippen LogP contribution is 2.31. The molecule has 0 spiro atoms. The van der Waals surface area contributed by atoms with Gasteiger partial charge in [-0.2, -0.15) is 0 Å². The monoisotopic (exact) mass is 292 g/mol. The van der Waals surface area contributed by atoms with E-state index in [-0.39, 0.29) is 5.91 Å². The van der Waals surface area contributed by atoms with Gasteiger partial charge in [0.05, 0.1) is 17.8 Å². The summed E-state index contributed by atoms with van der Waals surface area (Å²) in [4.78, 5) is 12.4. The lowest BCUT2D eigenvalue weighted by Gasteiger charge is -2.23. The fourth-order valence-corrected chi connectivity index (χ4v) is 2.57. The number of ether oxygens (including phenoxy) is 2. The third-order valence-corrected chi connectivity index (χ3v) is 3.88. The summed E-state index contributed by atoms with van der Waals surface area (Å²) in [5.74, 6) is 0.530. The summed E-state index contributed by atoms with van der Waals surface area (Å²) in [6, 6.07) is 5.70. The van der Waals surface area contributed by atoms with Crippen molar-refractivity contribution in [3.05, 3.63) is 23.8 Å². The number of hydrogen-bond donors (Lipinski definition) is 2. The molecule has 0 aliphatic heterocycles. The van der Waals surface area contributed by atoms with Crippen LogP contribution in [-0.4, -0.2) is 31.8 Å². The minimum Gasteiger partial charge on any atom is -0.489 e. The number of amides is 1. The molecule has 0 saturated heterocycles. The smallest absolute Gasteiger partial charge is 0.244 e. The van der Waals surface area contributed by atoms with Gasteiger partial charge in [0.25, 0.3) is 0 Å². The van der Waals surface area contributed by atoms with Crippen LogP contribution in [0.3, 0.4) is 0 Å². The van der Waals surface area contributed by atoms with Crippen molar-refractivity contribution in [1.82, 2.24) is 0 Å². The zero-order chi connectivity index (χ0) is 15.3. The van der Waals surface area contributed by atoms with E-state index in [9.17, 15) is 4.79 Å². The molecule has 3 N–H and O–H groups in total. The summed E-state index contributed by atoms with van der Waals surface area (Å²) in [6.45, 7) is 2.93. The number of benzene rings is 1. The van der Waals surface area contributed by atoms with Crippen LogP contribution < -0.4 is 15.8 Å². The van der Waals surface area contributed by atoms with Crippen LogP contribution in [0.25, 0.3) is 0 Å². The molecule has 1 aliphatic rings. The Morgan fingerprint density at radius 3 is 2.71 bits per heavy atom. The molecule has 1 aliphatic carbocycles. The van der Waals surface area contributed by atoms with Crippen molar-refractivity contribution in [2.75, 3.05) is 25.6 Å². The Bertz CT molecular complexity index is 496. The van der Waals surface area contributed by atoms with Crippen molar-refractivity contribution < 1.29 is 14.3 Å². The molecular formula is C16H24N2O3. The van der Waals surface area contributed by atoms with E-state index in [4.69, 9.17) is 15.2 Å². The normalized spacial score (nSPS) is 16.7. The van der Waals surface area contributed by atoms with Crippen LogP contribution in [0.5, 0.6) is 5.75 Å². The van der Waals surface area contributed by atoms with Gasteiger partial charge in [0.1, 0.15) is 12.4 Å². The highest BCUT2D eigenvalue weighted by molar-refractivity contribution is 5.99. The number of nitrogens with two attached hydrogens (primary N) is 1. The fourth-order valence-electron chi connectivity index (χ4n) is 2.57. The van der Waals surface area contributed by atoms with E-state index in [1.165, 1.54) is 0 Å². The van der Waals surface area contributed by atoms with Crippen molar-refractivity contribution in [3.8, 4) is 5.75 Å². The first kappa shape index (κ1) is 15.8. The molecule has 1 fully saturated rings. The van der Waals surface area contributed by atoms with E-state index in [0.717, 1.165) is 31.2 Å². The van der Waals surface area contributed by atoms with Crippen LogP contribution in [0, 0.1) is 6.92 Å². The molecule has 1 aromatic carbocycles. The van der Waals surface area contributed by atoms with E-state index in [2.05, 4.69) is 5.32 Å². The van der Waals surface area contributed by atoms with Gasteiger partial charge in [-0.25, -0.2) is 0 Å². The number of hydrogen-bond acceptors (Lipinski definition) is 4. The summed E-state index contributed by atoms with van der Waals surface area (Å²) in [7, 11) is 1.63. The van der Waals surface area contributed by atoms with Crippen molar-refractivity contribution in [3.63, 3.8) is 0 Å². The molecule has 116 valence electrons. The minimum absolute atomic E-state index is 0.125. The Morgan fingerprint density at radius 2 is 2.05 bits per heavy atom. The molecule has 21 heavy (non-hydrogen) atoms. The quantitative estimate of drug-likeness (QED) is 0.789. The number of nitrogens with one attached hydrogen (secondary N) is 1. The first-order chi connectivity index (χ1) is 10.0. The Morgan fingerprint density at radius 1 is 1.33 bits per heavy atom. The van der Waals surface area contributed by atoms with Crippen LogP contribution in [0.4, 0.5) is 5.69 Å². The third kappa shape index (κ3) is 3.95. The summed E-state index contributed by atoms with van der Waals surface area (Å²) in [5, 5.41) is 2.92. The second-order valence-electron chi connectivity index (χ2n) is 5.66. The Hall–Kier alpha value is -1.59. The van der Waals surface area contributed by atoms with Crippen LogP contribution in [0.15, 0.2) is 18.2 Å². The van der Waals surface area contributed by atoms with Gasteiger partial charge in [0.2, 0.25) is 5.91 Å².